The first-order chi connectivity index (χ1) is 8.29. The number of aliphatic hydroxyl groups is 1. The second kappa shape index (κ2) is 3.99. The number of pyridine rings is 1. The molecule has 0 fully saturated rings. The van der Waals surface area contributed by atoms with E-state index in [1.54, 1.807) is 6.20 Å². The molecule has 2 aromatic carbocycles. The maximum atomic E-state index is 9.42. The molecule has 1 heterocycles. The first kappa shape index (κ1) is 10.5. The highest BCUT2D eigenvalue weighted by Crippen LogP contribution is 2.30. The van der Waals surface area contributed by atoms with Crippen molar-refractivity contribution in [1.29, 1.82) is 0 Å². The van der Waals surface area contributed by atoms with Crippen LogP contribution in [-0.4, -0.2) is 10.1 Å². The fourth-order valence-corrected chi connectivity index (χ4v) is 2.34. The monoisotopic (exact) mass is 243 g/mol. The van der Waals surface area contributed by atoms with Crippen molar-refractivity contribution >= 4 is 33.1 Å². The number of rotatable bonds is 1. The van der Waals surface area contributed by atoms with E-state index in [2.05, 4.69) is 4.98 Å². The van der Waals surface area contributed by atoms with Crippen LogP contribution in [0.25, 0.3) is 21.5 Å². The first-order valence-corrected chi connectivity index (χ1v) is 5.73. The Kier molecular flexibility index (Phi) is 2.46. The molecule has 0 saturated carbocycles. The average Bonchev–Trinajstić information content (AvgIpc) is 2.37. The summed E-state index contributed by atoms with van der Waals surface area (Å²) in [5.41, 5.74) is 0.912. The number of aliphatic hydroxyl groups excluding tert-OH is 1. The van der Waals surface area contributed by atoms with Crippen LogP contribution < -0.4 is 0 Å². The number of benzene rings is 2. The fraction of sp³-hybridized carbons (Fsp3) is 0.0714. The van der Waals surface area contributed by atoms with E-state index in [-0.39, 0.29) is 6.61 Å². The van der Waals surface area contributed by atoms with Gasteiger partial charge in [-0.3, -0.25) is 4.98 Å². The summed E-state index contributed by atoms with van der Waals surface area (Å²) in [6.07, 6.45) is 3.58. The number of halogens is 1. The summed E-state index contributed by atoms with van der Waals surface area (Å²) in [5, 5.41) is 14.3. The maximum Gasteiger partial charge on any atom is 0.0688 e. The molecule has 2 nitrogen and oxygen atoms in total. The van der Waals surface area contributed by atoms with Gasteiger partial charge in [0.2, 0.25) is 0 Å². The van der Waals surface area contributed by atoms with Crippen LogP contribution in [0.2, 0.25) is 5.02 Å². The minimum atomic E-state index is 0.0242. The number of hydrogen-bond acceptors (Lipinski definition) is 2. The van der Waals surface area contributed by atoms with Crippen LogP contribution in [0.1, 0.15) is 5.56 Å². The van der Waals surface area contributed by atoms with Gasteiger partial charge in [0, 0.05) is 22.8 Å². The lowest BCUT2D eigenvalue weighted by Crippen LogP contribution is -1.88. The molecule has 3 rings (SSSR count). The maximum absolute atomic E-state index is 9.42. The molecule has 0 bridgehead atoms. The van der Waals surface area contributed by atoms with Gasteiger partial charge in [0.25, 0.3) is 0 Å². The number of nitrogens with zero attached hydrogens (tertiary/aromatic N) is 1. The predicted molar refractivity (Wildman–Crippen MR) is 70.2 cm³/mol. The van der Waals surface area contributed by atoms with E-state index in [0.717, 1.165) is 27.1 Å². The Bertz CT molecular complexity index is 709. The Morgan fingerprint density at radius 3 is 2.76 bits per heavy atom. The van der Waals surface area contributed by atoms with Gasteiger partial charge in [-0.25, -0.2) is 0 Å². The standard InChI is InChI=1S/C14H10ClNO/c15-11-1-2-12-10(8-17)5-9-3-4-16-7-14(9)13(12)6-11/h1-7,17H,8H2. The quantitative estimate of drug-likeness (QED) is 0.664. The van der Waals surface area contributed by atoms with E-state index in [4.69, 9.17) is 11.6 Å². The fourth-order valence-electron chi connectivity index (χ4n) is 2.17. The Morgan fingerprint density at radius 2 is 1.94 bits per heavy atom. The topological polar surface area (TPSA) is 33.1 Å². The van der Waals surface area contributed by atoms with Gasteiger partial charge < -0.3 is 5.11 Å². The van der Waals surface area contributed by atoms with Crippen LogP contribution in [0.5, 0.6) is 0 Å². The molecule has 0 saturated heterocycles. The SMILES string of the molecule is OCc1cc2ccncc2c2cc(Cl)ccc12. The van der Waals surface area contributed by atoms with Crippen molar-refractivity contribution in [2.24, 2.45) is 0 Å². The Balaban J connectivity index is 2.56. The molecule has 0 atom stereocenters. The van der Waals surface area contributed by atoms with Gasteiger partial charge in [0.1, 0.15) is 0 Å². The van der Waals surface area contributed by atoms with Gasteiger partial charge >= 0.3 is 0 Å². The highest BCUT2D eigenvalue weighted by atomic mass is 35.5. The molecular weight excluding hydrogens is 234 g/mol. The van der Waals surface area contributed by atoms with E-state index in [9.17, 15) is 5.11 Å². The zero-order valence-corrected chi connectivity index (χ0v) is 9.78. The lowest BCUT2D eigenvalue weighted by molar-refractivity contribution is 0.283. The lowest BCUT2D eigenvalue weighted by Gasteiger charge is -2.08. The molecule has 0 aliphatic rings. The van der Waals surface area contributed by atoms with E-state index < -0.39 is 0 Å². The minimum absolute atomic E-state index is 0.0242. The van der Waals surface area contributed by atoms with Gasteiger partial charge in [0.15, 0.2) is 0 Å². The van der Waals surface area contributed by atoms with Gasteiger partial charge in [0.05, 0.1) is 6.61 Å². The Morgan fingerprint density at radius 1 is 1.06 bits per heavy atom. The van der Waals surface area contributed by atoms with Crippen LogP contribution in [0.3, 0.4) is 0 Å². The molecule has 0 unspecified atom stereocenters. The van der Waals surface area contributed by atoms with Gasteiger partial charge in [-0.1, -0.05) is 17.7 Å². The van der Waals surface area contributed by atoms with Crippen LogP contribution in [-0.2, 0) is 6.61 Å². The number of hydrogen-bond donors (Lipinski definition) is 1. The third kappa shape index (κ3) is 1.66. The van der Waals surface area contributed by atoms with Crippen molar-refractivity contribution in [1.82, 2.24) is 4.98 Å². The molecule has 0 radical (unpaired) electrons. The normalized spacial score (nSPS) is 11.2. The van der Waals surface area contributed by atoms with E-state index in [1.165, 1.54) is 0 Å². The summed E-state index contributed by atoms with van der Waals surface area (Å²) < 4.78 is 0. The lowest BCUT2D eigenvalue weighted by atomic mass is 9.99. The molecule has 1 N–H and O–H groups in total. The average molecular weight is 244 g/mol. The molecular formula is C14H10ClNO. The summed E-state index contributed by atoms with van der Waals surface area (Å²) in [5.74, 6) is 0. The molecule has 84 valence electrons. The first-order valence-electron chi connectivity index (χ1n) is 5.35. The van der Waals surface area contributed by atoms with Crippen molar-refractivity contribution in [2.75, 3.05) is 0 Å². The van der Waals surface area contributed by atoms with Gasteiger partial charge in [-0.05, 0) is 46.0 Å². The van der Waals surface area contributed by atoms with E-state index in [1.807, 2.05) is 36.5 Å². The molecule has 0 amide bonds. The number of aromatic nitrogens is 1. The van der Waals surface area contributed by atoms with Gasteiger partial charge in [-0.15, -0.1) is 0 Å². The molecule has 3 aromatic rings. The van der Waals surface area contributed by atoms with Crippen molar-refractivity contribution in [3.05, 3.63) is 53.3 Å². The Hall–Kier alpha value is -1.64. The van der Waals surface area contributed by atoms with Crippen LogP contribution in [0, 0.1) is 0 Å². The molecule has 1 aromatic heterocycles. The summed E-state index contributed by atoms with van der Waals surface area (Å²) in [6.45, 7) is 0.0242. The third-order valence-corrected chi connectivity index (χ3v) is 3.21. The highest BCUT2D eigenvalue weighted by molar-refractivity contribution is 6.31. The van der Waals surface area contributed by atoms with Crippen LogP contribution in [0.15, 0.2) is 42.7 Å². The molecule has 17 heavy (non-hydrogen) atoms. The van der Waals surface area contributed by atoms with Crippen molar-refractivity contribution in [3.63, 3.8) is 0 Å². The van der Waals surface area contributed by atoms with Crippen molar-refractivity contribution in [2.45, 2.75) is 6.61 Å². The second-order valence-electron chi connectivity index (χ2n) is 3.98. The van der Waals surface area contributed by atoms with Crippen molar-refractivity contribution in [3.8, 4) is 0 Å². The summed E-state index contributed by atoms with van der Waals surface area (Å²) in [4.78, 5) is 4.14. The van der Waals surface area contributed by atoms with Gasteiger partial charge in [-0.2, -0.15) is 0 Å². The molecule has 3 heteroatoms. The van der Waals surface area contributed by atoms with Crippen LogP contribution in [0.4, 0.5) is 0 Å². The van der Waals surface area contributed by atoms with Crippen molar-refractivity contribution < 1.29 is 5.11 Å². The summed E-state index contributed by atoms with van der Waals surface area (Å²) >= 11 is 6.03. The van der Waals surface area contributed by atoms with E-state index >= 15 is 0 Å². The smallest absolute Gasteiger partial charge is 0.0688 e. The summed E-state index contributed by atoms with van der Waals surface area (Å²) in [6, 6.07) is 9.63. The minimum Gasteiger partial charge on any atom is -0.392 e. The zero-order chi connectivity index (χ0) is 11.8. The largest absolute Gasteiger partial charge is 0.392 e. The molecule has 0 spiro atoms. The molecule has 0 aliphatic heterocycles. The van der Waals surface area contributed by atoms with Crippen LogP contribution >= 0.6 is 11.6 Å². The third-order valence-electron chi connectivity index (χ3n) is 2.97. The zero-order valence-electron chi connectivity index (χ0n) is 9.02. The van der Waals surface area contributed by atoms with E-state index in [0.29, 0.717) is 5.02 Å². The second-order valence-corrected chi connectivity index (χ2v) is 4.42. The highest BCUT2D eigenvalue weighted by Gasteiger charge is 2.06. The number of fused-ring (bicyclic) bond motifs is 3. The Labute approximate surface area is 103 Å². The predicted octanol–water partition coefficient (Wildman–Crippen LogP) is 3.53. The summed E-state index contributed by atoms with van der Waals surface area (Å²) in [7, 11) is 0. The molecule has 0 aliphatic carbocycles.